The molecule has 1 aliphatic carbocycles. The lowest BCUT2D eigenvalue weighted by Crippen LogP contribution is -2.41. The number of halogens is 1. The summed E-state index contributed by atoms with van der Waals surface area (Å²) in [6.07, 6.45) is 2.77. The molecule has 6 heteroatoms. The van der Waals surface area contributed by atoms with Crippen molar-refractivity contribution in [1.82, 2.24) is 15.2 Å². The summed E-state index contributed by atoms with van der Waals surface area (Å²) in [7, 11) is 1.77. The predicted molar refractivity (Wildman–Crippen MR) is 88.9 cm³/mol. The van der Waals surface area contributed by atoms with Gasteiger partial charge in [-0.2, -0.15) is 0 Å². The van der Waals surface area contributed by atoms with Gasteiger partial charge in [-0.3, -0.25) is 0 Å². The molecule has 1 aromatic heterocycles. The smallest absolute Gasteiger partial charge is 0.317 e. The van der Waals surface area contributed by atoms with Crippen LogP contribution in [0.15, 0.2) is 35.2 Å². The first-order valence-corrected chi connectivity index (χ1v) is 8.70. The molecule has 1 aromatic carbocycles. The van der Waals surface area contributed by atoms with Gasteiger partial charge in [0.2, 0.25) is 0 Å². The minimum absolute atomic E-state index is 0.0807. The van der Waals surface area contributed by atoms with E-state index in [0.717, 1.165) is 30.5 Å². The van der Waals surface area contributed by atoms with Gasteiger partial charge < -0.3 is 10.2 Å². The first kappa shape index (κ1) is 15.9. The molecule has 2 atom stereocenters. The molecule has 2 aromatic rings. The van der Waals surface area contributed by atoms with Crippen molar-refractivity contribution in [2.45, 2.75) is 37.8 Å². The number of nitrogens with one attached hydrogen (secondary N) is 1. The third-order valence-corrected chi connectivity index (χ3v) is 4.94. The Morgan fingerprint density at radius 1 is 1.48 bits per heavy atom. The van der Waals surface area contributed by atoms with Crippen LogP contribution in [-0.2, 0) is 6.54 Å². The van der Waals surface area contributed by atoms with Gasteiger partial charge in [0.15, 0.2) is 0 Å². The van der Waals surface area contributed by atoms with Crippen molar-refractivity contribution in [3.63, 3.8) is 0 Å². The summed E-state index contributed by atoms with van der Waals surface area (Å²) >= 11 is 1.53. The minimum Gasteiger partial charge on any atom is -0.335 e. The highest BCUT2D eigenvalue weighted by Gasteiger charge is 2.28. The van der Waals surface area contributed by atoms with Crippen LogP contribution in [0.2, 0.25) is 0 Å². The van der Waals surface area contributed by atoms with E-state index in [4.69, 9.17) is 0 Å². The van der Waals surface area contributed by atoms with Gasteiger partial charge in [-0.05, 0) is 42.9 Å². The number of carbonyl (C=O) groups excluding carboxylic acids is 1. The van der Waals surface area contributed by atoms with E-state index in [9.17, 15) is 9.18 Å². The van der Waals surface area contributed by atoms with Gasteiger partial charge in [-0.1, -0.05) is 12.1 Å². The predicted octanol–water partition coefficient (Wildman–Crippen LogP) is 3.76. The molecule has 1 aliphatic rings. The molecule has 23 heavy (non-hydrogen) atoms. The Labute approximate surface area is 139 Å². The van der Waals surface area contributed by atoms with E-state index >= 15 is 0 Å². The molecule has 0 aliphatic heterocycles. The second-order valence-corrected chi connectivity index (χ2v) is 6.77. The van der Waals surface area contributed by atoms with Crippen LogP contribution in [0.3, 0.4) is 0 Å². The van der Waals surface area contributed by atoms with Crippen molar-refractivity contribution in [2.24, 2.45) is 0 Å². The van der Waals surface area contributed by atoms with Crippen molar-refractivity contribution in [2.75, 3.05) is 7.05 Å². The molecule has 1 N–H and O–H groups in total. The first-order valence-electron chi connectivity index (χ1n) is 7.76. The maximum Gasteiger partial charge on any atom is 0.317 e. The molecule has 1 saturated carbocycles. The minimum atomic E-state index is -0.196. The van der Waals surface area contributed by atoms with Gasteiger partial charge in [-0.25, -0.2) is 14.2 Å². The molecule has 122 valence electrons. The largest absolute Gasteiger partial charge is 0.335 e. The van der Waals surface area contributed by atoms with E-state index in [1.54, 1.807) is 29.6 Å². The number of aromatic nitrogens is 1. The normalized spacial score (nSPS) is 20.4. The van der Waals surface area contributed by atoms with Crippen LogP contribution in [0.1, 0.15) is 36.4 Å². The van der Waals surface area contributed by atoms with E-state index < -0.39 is 0 Å². The molecule has 0 radical (unpaired) electrons. The van der Waals surface area contributed by atoms with E-state index in [1.807, 2.05) is 11.4 Å². The number of urea groups is 1. The van der Waals surface area contributed by atoms with Crippen molar-refractivity contribution in [1.29, 1.82) is 0 Å². The summed E-state index contributed by atoms with van der Waals surface area (Å²) in [5, 5.41) is 5.02. The third kappa shape index (κ3) is 4.07. The van der Waals surface area contributed by atoms with Gasteiger partial charge in [0.1, 0.15) is 5.82 Å². The molecule has 0 bridgehead atoms. The molecule has 3 rings (SSSR count). The summed E-state index contributed by atoms with van der Waals surface area (Å²) in [6, 6.07) is 6.84. The van der Waals surface area contributed by atoms with E-state index in [-0.39, 0.29) is 17.9 Å². The van der Waals surface area contributed by atoms with Gasteiger partial charge in [0, 0.05) is 18.5 Å². The van der Waals surface area contributed by atoms with Crippen molar-refractivity contribution in [3.05, 3.63) is 52.2 Å². The Kier molecular flexibility index (Phi) is 4.91. The highest BCUT2D eigenvalue weighted by atomic mass is 32.1. The molecule has 2 amide bonds. The quantitative estimate of drug-likeness (QED) is 0.926. The maximum absolute atomic E-state index is 13.3. The molecule has 1 heterocycles. The zero-order chi connectivity index (χ0) is 16.2. The highest BCUT2D eigenvalue weighted by molar-refractivity contribution is 7.07. The van der Waals surface area contributed by atoms with Gasteiger partial charge >= 0.3 is 6.03 Å². The van der Waals surface area contributed by atoms with Crippen LogP contribution in [0.5, 0.6) is 0 Å². The van der Waals surface area contributed by atoms with Crippen LogP contribution in [-0.4, -0.2) is 29.0 Å². The Morgan fingerprint density at radius 3 is 3.09 bits per heavy atom. The average molecular weight is 333 g/mol. The number of thiazole rings is 1. The number of hydrogen-bond acceptors (Lipinski definition) is 3. The zero-order valence-electron chi connectivity index (χ0n) is 13.0. The van der Waals surface area contributed by atoms with Crippen molar-refractivity contribution in [3.8, 4) is 0 Å². The average Bonchev–Trinajstić information content (AvgIpc) is 3.19. The number of amides is 2. The lowest BCUT2D eigenvalue weighted by Gasteiger charge is -2.20. The van der Waals surface area contributed by atoms with Crippen LogP contribution in [0, 0.1) is 5.82 Å². The zero-order valence-corrected chi connectivity index (χ0v) is 13.9. The molecule has 0 unspecified atom stereocenters. The first-order chi connectivity index (χ1) is 11.1. The fourth-order valence-corrected chi connectivity index (χ4v) is 3.64. The SMILES string of the molecule is CN(Cc1cscn1)C(=O)N[C@@H]1CC[C@H](c2cccc(F)c2)C1. The molecule has 1 fully saturated rings. The monoisotopic (exact) mass is 333 g/mol. The second kappa shape index (κ2) is 7.08. The van der Waals surface area contributed by atoms with Crippen molar-refractivity contribution < 1.29 is 9.18 Å². The van der Waals surface area contributed by atoms with E-state index in [2.05, 4.69) is 10.3 Å². The molecular weight excluding hydrogens is 313 g/mol. The Balaban J connectivity index is 1.52. The molecule has 0 saturated heterocycles. The Hall–Kier alpha value is -1.95. The highest BCUT2D eigenvalue weighted by Crippen LogP contribution is 2.34. The standard InChI is InChI=1S/C17H20FN3OS/c1-21(9-16-10-23-11-19-16)17(22)20-15-6-5-13(8-15)12-3-2-4-14(18)7-12/h2-4,7,10-11,13,15H,5-6,8-9H2,1H3,(H,20,22)/t13-,15+/m0/s1. The van der Waals surface area contributed by atoms with Crippen molar-refractivity contribution >= 4 is 17.4 Å². The maximum atomic E-state index is 13.3. The number of rotatable bonds is 4. The third-order valence-electron chi connectivity index (χ3n) is 4.31. The summed E-state index contributed by atoms with van der Waals surface area (Å²) in [5.41, 5.74) is 3.69. The summed E-state index contributed by atoms with van der Waals surface area (Å²) in [6.45, 7) is 0.509. The Bertz CT molecular complexity index is 662. The Morgan fingerprint density at radius 2 is 2.35 bits per heavy atom. The van der Waals surface area contributed by atoms with E-state index in [1.165, 1.54) is 17.4 Å². The van der Waals surface area contributed by atoms with E-state index in [0.29, 0.717) is 12.5 Å². The van der Waals surface area contributed by atoms with Crippen LogP contribution in [0.4, 0.5) is 9.18 Å². The van der Waals surface area contributed by atoms with Gasteiger partial charge in [0.25, 0.3) is 0 Å². The lowest BCUT2D eigenvalue weighted by molar-refractivity contribution is 0.202. The van der Waals surface area contributed by atoms with Gasteiger partial charge in [0.05, 0.1) is 17.7 Å². The summed E-state index contributed by atoms with van der Waals surface area (Å²) in [5.74, 6) is 0.123. The number of benzene rings is 1. The number of carbonyl (C=O) groups is 1. The molecule has 0 spiro atoms. The van der Waals surface area contributed by atoms with Crippen LogP contribution < -0.4 is 5.32 Å². The summed E-state index contributed by atoms with van der Waals surface area (Å²) < 4.78 is 13.3. The molecular formula is C17H20FN3OS. The topological polar surface area (TPSA) is 45.2 Å². The van der Waals surface area contributed by atoms with Gasteiger partial charge in [-0.15, -0.1) is 11.3 Å². The van der Waals surface area contributed by atoms with Crippen LogP contribution in [0.25, 0.3) is 0 Å². The van der Waals surface area contributed by atoms with Crippen LogP contribution >= 0.6 is 11.3 Å². The fourth-order valence-electron chi connectivity index (χ4n) is 3.09. The lowest BCUT2D eigenvalue weighted by atomic mass is 9.97. The fraction of sp³-hybridized carbons (Fsp3) is 0.412. The number of hydrogen-bond donors (Lipinski definition) is 1. The molecule has 4 nitrogen and oxygen atoms in total. The number of nitrogens with zero attached hydrogens (tertiary/aromatic N) is 2. The summed E-state index contributed by atoms with van der Waals surface area (Å²) in [4.78, 5) is 18.1. The second-order valence-electron chi connectivity index (χ2n) is 6.05.